The molecular weight excluding hydrogens is 448 g/mol. The maximum absolute atomic E-state index is 13.0. The monoisotopic (exact) mass is 470 g/mol. The van der Waals surface area contributed by atoms with Gasteiger partial charge in [-0.15, -0.1) is 0 Å². The minimum atomic E-state index is -0.790. The Hall–Kier alpha value is -4.72. The Kier molecular flexibility index (Phi) is 7.02. The number of ether oxygens (including phenoxy) is 2. The summed E-state index contributed by atoms with van der Waals surface area (Å²) in [5.41, 5.74) is 1.39. The van der Waals surface area contributed by atoms with Crippen LogP contribution in [0.3, 0.4) is 0 Å². The molecule has 3 aromatic rings. The first-order valence-corrected chi connectivity index (χ1v) is 10.9. The lowest BCUT2D eigenvalue weighted by molar-refractivity contribution is -0.130. The fourth-order valence-corrected chi connectivity index (χ4v) is 3.47. The molecule has 1 heterocycles. The molecule has 1 N–H and O–H groups in total. The molecule has 3 aromatic carbocycles. The van der Waals surface area contributed by atoms with Crippen molar-refractivity contribution in [3.8, 4) is 11.5 Å². The molecule has 0 aromatic heterocycles. The molecule has 0 radical (unpaired) electrons. The third kappa shape index (κ3) is 5.44. The van der Waals surface area contributed by atoms with E-state index in [2.05, 4.69) is 5.32 Å². The van der Waals surface area contributed by atoms with Gasteiger partial charge in [0, 0.05) is 0 Å². The molecule has 1 aliphatic rings. The number of hydrogen-bond donors (Lipinski definition) is 1. The zero-order valence-electron chi connectivity index (χ0n) is 18.9. The van der Waals surface area contributed by atoms with Gasteiger partial charge in [-0.1, -0.05) is 54.6 Å². The standard InChI is InChI=1S/C27H22N2O6/c1-2-34-23-16-19(13-14-22(23)35-26(32)20-11-7-4-8-12-20)15-21-24(30)28-27(33)29(25(21)31)17-18-9-5-3-6-10-18/h3-16H,2,17H2,1H3,(H,28,30,33)/b21-15-. The van der Waals surface area contributed by atoms with Crippen LogP contribution in [0.25, 0.3) is 6.08 Å². The number of benzene rings is 3. The van der Waals surface area contributed by atoms with Gasteiger partial charge in [-0.05, 0) is 48.4 Å². The first-order chi connectivity index (χ1) is 17.0. The van der Waals surface area contributed by atoms with E-state index in [0.717, 1.165) is 10.5 Å². The van der Waals surface area contributed by atoms with Gasteiger partial charge in [0.1, 0.15) is 5.57 Å². The van der Waals surface area contributed by atoms with Crippen LogP contribution in [0, 0.1) is 0 Å². The maximum Gasteiger partial charge on any atom is 0.343 e. The maximum atomic E-state index is 13.0. The first-order valence-electron chi connectivity index (χ1n) is 10.9. The minimum Gasteiger partial charge on any atom is -0.490 e. The summed E-state index contributed by atoms with van der Waals surface area (Å²) in [5.74, 6) is -1.58. The van der Waals surface area contributed by atoms with Gasteiger partial charge < -0.3 is 9.47 Å². The van der Waals surface area contributed by atoms with Crippen molar-refractivity contribution < 1.29 is 28.7 Å². The number of urea groups is 1. The van der Waals surface area contributed by atoms with Crippen LogP contribution < -0.4 is 14.8 Å². The van der Waals surface area contributed by atoms with Crippen molar-refractivity contribution in [2.24, 2.45) is 0 Å². The Labute approximate surface area is 201 Å². The van der Waals surface area contributed by atoms with E-state index in [4.69, 9.17) is 9.47 Å². The minimum absolute atomic E-state index is 0.0225. The highest BCUT2D eigenvalue weighted by Gasteiger charge is 2.35. The first kappa shape index (κ1) is 23.4. The van der Waals surface area contributed by atoms with Gasteiger partial charge in [-0.25, -0.2) is 9.59 Å². The summed E-state index contributed by atoms with van der Waals surface area (Å²) < 4.78 is 11.1. The molecular formula is C27H22N2O6. The Morgan fingerprint density at radius 1 is 0.914 bits per heavy atom. The Bertz CT molecular complexity index is 1300. The molecule has 0 atom stereocenters. The van der Waals surface area contributed by atoms with Crippen molar-refractivity contribution in [1.82, 2.24) is 10.2 Å². The number of hydrogen-bond acceptors (Lipinski definition) is 6. The largest absolute Gasteiger partial charge is 0.490 e. The Morgan fingerprint density at radius 2 is 1.60 bits per heavy atom. The summed E-state index contributed by atoms with van der Waals surface area (Å²) in [6, 6.07) is 21.4. The highest BCUT2D eigenvalue weighted by molar-refractivity contribution is 6.31. The van der Waals surface area contributed by atoms with Gasteiger partial charge in [0.15, 0.2) is 11.5 Å². The summed E-state index contributed by atoms with van der Waals surface area (Å²) >= 11 is 0. The lowest BCUT2D eigenvalue weighted by Gasteiger charge is -2.26. The van der Waals surface area contributed by atoms with E-state index in [1.54, 1.807) is 73.7 Å². The topological polar surface area (TPSA) is 102 Å². The molecule has 1 saturated heterocycles. The van der Waals surface area contributed by atoms with Gasteiger partial charge in [-0.3, -0.25) is 19.8 Å². The van der Waals surface area contributed by atoms with Crippen molar-refractivity contribution >= 4 is 29.9 Å². The highest BCUT2D eigenvalue weighted by atomic mass is 16.6. The molecule has 4 rings (SSSR count). The number of carbonyl (C=O) groups excluding carboxylic acids is 4. The second-order valence-electron chi connectivity index (χ2n) is 7.59. The lowest BCUT2D eigenvalue weighted by atomic mass is 10.1. The van der Waals surface area contributed by atoms with Crippen LogP contribution >= 0.6 is 0 Å². The highest BCUT2D eigenvalue weighted by Crippen LogP contribution is 2.30. The summed E-state index contributed by atoms with van der Waals surface area (Å²) in [6.07, 6.45) is 1.37. The third-order valence-corrected chi connectivity index (χ3v) is 5.16. The smallest absolute Gasteiger partial charge is 0.343 e. The second-order valence-corrected chi connectivity index (χ2v) is 7.59. The lowest BCUT2D eigenvalue weighted by Crippen LogP contribution is -2.53. The fourth-order valence-electron chi connectivity index (χ4n) is 3.47. The number of amides is 4. The summed E-state index contributed by atoms with van der Waals surface area (Å²) in [6.45, 7) is 2.10. The van der Waals surface area contributed by atoms with E-state index >= 15 is 0 Å². The van der Waals surface area contributed by atoms with Crippen molar-refractivity contribution in [1.29, 1.82) is 0 Å². The van der Waals surface area contributed by atoms with Crippen molar-refractivity contribution in [2.75, 3.05) is 6.61 Å². The number of nitrogens with one attached hydrogen (secondary N) is 1. The van der Waals surface area contributed by atoms with Crippen LogP contribution in [-0.4, -0.2) is 35.3 Å². The van der Waals surface area contributed by atoms with Gasteiger partial charge in [0.2, 0.25) is 0 Å². The zero-order valence-corrected chi connectivity index (χ0v) is 18.9. The zero-order chi connectivity index (χ0) is 24.8. The molecule has 1 aliphatic heterocycles. The Morgan fingerprint density at radius 3 is 2.29 bits per heavy atom. The number of nitrogens with zero attached hydrogens (tertiary/aromatic N) is 1. The van der Waals surface area contributed by atoms with Crippen LogP contribution in [0.2, 0.25) is 0 Å². The normalized spacial score (nSPS) is 14.6. The molecule has 35 heavy (non-hydrogen) atoms. The van der Waals surface area contributed by atoms with Crippen molar-refractivity contribution in [3.63, 3.8) is 0 Å². The molecule has 1 fully saturated rings. The molecule has 8 nitrogen and oxygen atoms in total. The number of carbonyl (C=O) groups is 4. The van der Waals surface area contributed by atoms with E-state index in [1.807, 2.05) is 6.07 Å². The van der Waals surface area contributed by atoms with Gasteiger partial charge in [0.05, 0.1) is 18.7 Å². The van der Waals surface area contributed by atoms with Crippen LogP contribution in [0.4, 0.5) is 4.79 Å². The van der Waals surface area contributed by atoms with Gasteiger partial charge in [0.25, 0.3) is 11.8 Å². The third-order valence-electron chi connectivity index (χ3n) is 5.16. The quantitative estimate of drug-likeness (QED) is 0.243. The van der Waals surface area contributed by atoms with Crippen LogP contribution in [0.15, 0.2) is 84.4 Å². The van der Waals surface area contributed by atoms with Gasteiger partial charge >= 0.3 is 12.0 Å². The van der Waals surface area contributed by atoms with E-state index in [1.165, 1.54) is 12.1 Å². The fraction of sp³-hybridized carbons (Fsp3) is 0.111. The number of esters is 1. The number of rotatable bonds is 7. The predicted molar refractivity (Wildman–Crippen MR) is 128 cm³/mol. The molecule has 0 bridgehead atoms. The van der Waals surface area contributed by atoms with Gasteiger partial charge in [-0.2, -0.15) is 0 Å². The predicted octanol–water partition coefficient (Wildman–Crippen LogP) is 3.97. The van der Waals surface area contributed by atoms with E-state index in [-0.39, 0.29) is 23.6 Å². The summed E-state index contributed by atoms with van der Waals surface area (Å²) in [5, 5.41) is 2.20. The molecule has 8 heteroatoms. The molecule has 4 amide bonds. The van der Waals surface area contributed by atoms with E-state index in [9.17, 15) is 19.2 Å². The molecule has 0 unspecified atom stereocenters. The van der Waals surface area contributed by atoms with Crippen LogP contribution in [-0.2, 0) is 16.1 Å². The number of imide groups is 2. The van der Waals surface area contributed by atoms with Crippen LogP contribution in [0.1, 0.15) is 28.4 Å². The SMILES string of the molecule is CCOc1cc(/C=C2/C(=O)NC(=O)N(Cc3ccccc3)C2=O)ccc1OC(=O)c1ccccc1. The summed E-state index contributed by atoms with van der Waals surface area (Å²) in [4.78, 5) is 51.2. The number of barbiturate groups is 1. The second kappa shape index (κ2) is 10.5. The molecule has 0 saturated carbocycles. The molecule has 0 aliphatic carbocycles. The molecule has 176 valence electrons. The average molecular weight is 470 g/mol. The van der Waals surface area contributed by atoms with Crippen molar-refractivity contribution in [2.45, 2.75) is 13.5 Å². The summed E-state index contributed by atoms with van der Waals surface area (Å²) in [7, 11) is 0. The average Bonchev–Trinajstić information content (AvgIpc) is 2.87. The Balaban J connectivity index is 1.60. The van der Waals surface area contributed by atoms with Crippen LogP contribution in [0.5, 0.6) is 11.5 Å². The van der Waals surface area contributed by atoms with E-state index in [0.29, 0.717) is 17.7 Å². The van der Waals surface area contributed by atoms with Crippen molar-refractivity contribution in [3.05, 3.63) is 101 Å². The van der Waals surface area contributed by atoms with E-state index < -0.39 is 23.8 Å². The molecule has 0 spiro atoms.